The molecule has 21 heavy (non-hydrogen) atoms. The van der Waals surface area contributed by atoms with E-state index in [0.717, 1.165) is 9.35 Å². The fraction of sp³-hybridized carbons (Fsp3) is 0.286. The Kier molecular flexibility index (Phi) is 5.43. The summed E-state index contributed by atoms with van der Waals surface area (Å²) in [4.78, 5) is 0.998. The second-order valence-electron chi connectivity index (χ2n) is 4.87. The van der Waals surface area contributed by atoms with E-state index in [2.05, 4.69) is 39.8 Å². The van der Waals surface area contributed by atoms with E-state index in [4.69, 9.17) is 0 Å². The van der Waals surface area contributed by atoms with E-state index in [0.29, 0.717) is 22.5 Å². The Hall–Kier alpha value is -0.890. The summed E-state index contributed by atoms with van der Waals surface area (Å²) in [6, 6.07) is 10.9. The maximum Gasteiger partial charge on any atom is 0.271 e. The number of hydrogen-bond donors (Lipinski definition) is 2. The van der Waals surface area contributed by atoms with Gasteiger partial charge >= 0.3 is 0 Å². The number of anilines is 1. The van der Waals surface area contributed by atoms with Crippen LogP contribution in [-0.2, 0) is 16.6 Å². The van der Waals surface area contributed by atoms with Gasteiger partial charge in [-0.15, -0.1) is 11.3 Å². The molecule has 2 N–H and O–H groups in total. The Morgan fingerprint density at radius 1 is 1.24 bits per heavy atom. The van der Waals surface area contributed by atoms with Crippen LogP contribution in [-0.4, -0.2) is 14.5 Å². The standard InChI is InChI=1S/C14H17BrN2O2S2/c1-10(2)16-9-13-6-7-14(20-13)21(18,19)17-12-5-3-4-11(15)8-12/h3-8,10,16-17H,9H2,1-2H3. The lowest BCUT2D eigenvalue weighted by atomic mass is 10.3. The molecule has 0 fully saturated rings. The van der Waals surface area contributed by atoms with Gasteiger partial charge in [0, 0.05) is 27.6 Å². The molecule has 0 saturated carbocycles. The summed E-state index contributed by atoms with van der Waals surface area (Å²) in [6.07, 6.45) is 0. The molecule has 0 unspecified atom stereocenters. The van der Waals surface area contributed by atoms with Gasteiger partial charge in [0.05, 0.1) is 0 Å². The maximum atomic E-state index is 12.3. The van der Waals surface area contributed by atoms with Gasteiger partial charge < -0.3 is 5.32 Å². The zero-order valence-electron chi connectivity index (χ0n) is 11.8. The maximum absolute atomic E-state index is 12.3. The van der Waals surface area contributed by atoms with E-state index in [9.17, 15) is 8.42 Å². The number of thiophene rings is 1. The lowest BCUT2D eigenvalue weighted by molar-refractivity contribution is 0.593. The minimum absolute atomic E-state index is 0.322. The van der Waals surface area contributed by atoms with Gasteiger partial charge in [0.15, 0.2) is 0 Å². The van der Waals surface area contributed by atoms with Crippen LogP contribution in [0.25, 0.3) is 0 Å². The van der Waals surface area contributed by atoms with E-state index in [-0.39, 0.29) is 0 Å². The van der Waals surface area contributed by atoms with Gasteiger partial charge in [-0.25, -0.2) is 8.42 Å². The summed E-state index contributed by atoms with van der Waals surface area (Å²) in [5.74, 6) is 0. The van der Waals surface area contributed by atoms with Crippen molar-refractivity contribution in [3.05, 3.63) is 45.7 Å². The van der Waals surface area contributed by atoms with Gasteiger partial charge in [0.2, 0.25) is 0 Å². The van der Waals surface area contributed by atoms with E-state index < -0.39 is 10.0 Å². The van der Waals surface area contributed by atoms with Gasteiger partial charge in [-0.05, 0) is 30.3 Å². The predicted octanol–water partition coefficient (Wildman–Crippen LogP) is 3.81. The lowest BCUT2D eigenvalue weighted by Gasteiger charge is -2.07. The number of rotatable bonds is 6. The minimum atomic E-state index is -3.53. The molecule has 4 nitrogen and oxygen atoms in total. The number of hydrogen-bond acceptors (Lipinski definition) is 4. The van der Waals surface area contributed by atoms with Crippen LogP contribution in [0.5, 0.6) is 0 Å². The molecule has 2 rings (SSSR count). The summed E-state index contributed by atoms with van der Waals surface area (Å²) in [5.41, 5.74) is 0.541. The average Bonchev–Trinajstić information content (AvgIpc) is 2.85. The van der Waals surface area contributed by atoms with Crippen molar-refractivity contribution < 1.29 is 8.42 Å². The molecule has 2 aromatic rings. The number of sulfonamides is 1. The Balaban J connectivity index is 2.12. The van der Waals surface area contributed by atoms with Crippen molar-refractivity contribution in [2.24, 2.45) is 0 Å². The van der Waals surface area contributed by atoms with Crippen molar-refractivity contribution in [1.29, 1.82) is 0 Å². The Labute approximate surface area is 137 Å². The fourth-order valence-electron chi connectivity index (χ4n) is 1.66. The first-order valence-electron chi connectivity index (χ1n) is 6.47. The molecule has 7 heteroatoms. The molecule has 0 aliphatic heterocycles. The molecular formula is C14H17BrN2O2S2. The molecule has 0 aliphatic carbocycles. The van der Waals surface area contributed by atoms with Crippen molar-refractivity contribution in [3.63, 3.8) is 0 Å². The molecule has 1 aromatic carbocycles. The molecule has 0 radical (unpaired) electrons. The molecule has 0 saturated heterocycles. The van der Waals surface area contributed by atoms with Crippen molar-refractivity contribution in [2.75, 3.05) is 4.72 Å². The summed E-state index contributed by atoms with van der Waals surface area (Å²) >= 11 is 4.60. The quantitative estimate of drug-likeness (QED) is 0.790. The van der Waals surface area contributed by atoms with E-state index in [1.54, 1.807) is 24.3 Å². The Morgan fingerprint density at radius 3 is 2.67 bits per heavy atom. The van der Waals surface area contributed by atoms with Crippen molar-refractivity contribution in [3.8, 4) is 0 Å². The average molecular weight is 389 g/mol. The zero-order valence-corrected chi connectivity index (χ0v) is 15.0. The van der Waals surface area contributed by atoms with Gasteiger partial charge in [0.1, 0.15) is 4.21 Å². The van der Waals surface area contributed by atoms with Crippen molar-refractivity contribution in [1.82, 2.24) is 5.32 Å². The van der Waals surface area contributed by atoms with Crippen molar-refractivity contribution >= 4 is 43.0 Å². The smallest absolute Gasteiger partial charge is 0.271 e. The van der Waals surface area contributed by atoms with E-state index in [1.807, 2.05) is 12.1 Å². The van der Waals surface area contributed by atoms with Crippen LogP contribution in [0.1, 0.15) is 18.7 Å². The van der Waals surface area contributed by atoms with Crippen LogP contribution < -0.4 is 10.0 Å². The second kappa shape index (κ2) is 6.91. The molecular weight excluding hydrogens is 372 g/mol. The third-order valence-corrected chi connectivity index (χ3v) is 6.11. The van der Waals surface area contributed by atoms with Crippen LogP contribution in [0.4, 0.5) is 5.69 Å². The highest BCUT2D eigenvalue weighted by molar-refractivity contribution is 9.10. The third kappa shape index (κ3) is 4.81. The highest BCUT2D eigenvalue weighted by Crippen LogP contribution is 2.25. The first kappa shape index (κ1) is 16.5. The molecule has 114 valence electrons. The van der Waals surface area contributed by atoms with E-state index >= 15 is 0 Å². The predicted molar refractivity (Wildman–Crippen MR) is 91.2 cm³/mol. The molecule has 1 aromatic heterocycles. The minimum Gasteiger partial charge on any atom is -0.310 e. The molecule has 0 bridgehead atoms. The third-order valence-electron chi connectivity index (χ3n) is 2.66. The monoisotopic (exact) mass is 388 g/mol. The summed E-state index contributed by atoms with van der Waals surface area (Å²) < 4.78 is 28.4. The van der Waals surface area contributed by atoms with Crippen molar-refractivity contribution in [2.45, 2.75) is 30.6 Å². The topological polar surface area (TPSA) is 58.2 Å². The molecule has 0 aliphatic rings. The number of nitrogens with one attached hydrogen (secondary N) is 2. The molecule has 0 spiro atoms. The van der Waals surface area contributed by atoms with E-state index in [1.165, 1.54) is 11.3 Å². The highest BCUT2D eigenvalue weighted by Gasteiger charge is 2.17. The first-order valence-corrected chi connectivity index (χ1v) is 9.56. The SMILES string of the molecule is CC(C)NCc1ccc(S(=O)(=O)Nc2cccc(Br)c2)s1. The number of benzene rings is 1. The summed E-state index contributed by atoms with van der Waals surface area (Å²) in [7, 11) is -3.53. The Bertz CT molecular complexity index is 711. The van der Waals surface area contributed by atoms with Gasteiger partial charge in [0.25, 0.3) is 10.0 Å². The fourth-order valence-corrected chi connectivity index (χ4v) is 4.42. The Morgan fingerprint density at radius 2 is 2.00 bits per heavy atom. The molecule has 0 amide bonds. The van der Waals surface area contributed by atoms with Crippen LogP contribution in [0.15, 0.2) is 45.1 Å². The summed E-state index contributed by atoms with van der Waals surface area (Å²) in [6.45, 7) is 4.79. The van der Waals surface area contributed by atoms with Gasteiger partial charge in [-0.3, -0.25) is 4.72 Å². The van der Waals surface area contributed by atoms with Crippen LogP contribution in [0.2, 0.25) is 0 Å². The highest BCUT2D eigenvalue weighted by atomic mass is 79.9. The zero-order chi connectivity index (χ0) is 15.5. The van der Waals surface area contributed by atoms with Gasteiger partial charge in [-0.2, -0.15) is 0 Å². The van der Waals surface area contributed by atoms with Crippen LogP contribution in [0.3, 0.4) is 0 Å². The van der Waals surface area contributed by atoms with Crippen LogP contribution >= 0.6 is 27.3 Å². The first-order chi connectivity index (χ1) is 9.87. The lowest BCUT2D eigenvalue weighted by Crippen LogP contribution is -2.21. The molecule has 1 heterocycles. The molecule has 0 atom stereocenters. The number of halogens is 1. The van der Waals surface area contributed by atoms with Gasteiger partial charge in [-0.1, -0.05) is 35.8 Å². The largest absolute Gasteiger partial charge is 0.310 e. The normalized spacial score (nSPS) is 11.8. The summed E-state index contributed by atoms with van der Waals surface area (Å²) in [5, 5.41) is 3.27. The second-order valence-corrected chi connectivity index (χ2v) is 8.87. The van der Waals surface area contributed by atoms with Crippen LogP contribution in [0, 0.1) is 0 Å².